The molecule has 90 valence electrons. The van der Waals surface area contributed by atoms with Gasteiger partial charge in [-0.15, -0.1) is 0 Å². The Morgan fingerprint density at radius 3 is 2.31 bits per heavy atom. The van der Waals surface area contributed by atoms with Crippen LogP contribution in [0.15, 0.2) is 10.8 Å². The molecule has 16 heavy (non-hydrogen) atoms. The van der Waals surface area contributed by atoms with Crippen LogP contribution in [-0.4, -0.2) is 50.6 Å². The number of aliphatic hydroxyl groups is 3. The van der Waals surface area contributed by atoms with Gasteiger partial charge in [0.15, 0.2) is 0 Å². The molecule has 0 spiro atoms. The van der Waals surface area contributed by atoms with E-state index in [-0.39, 0.29) is 11.0 Å². The summed E-state index contributed by atoms with van der Waals surface area (Å²) >= 11 is 8.90. The van der Waals surface area contributed by atoms with Gasteiger partial charge in [0, 0.05) is 0 Å². The van der Waals surface area contributed by atoms with Crippen LogP contribution in [0.2, 0.25) is 5.15 Å². The first kappa shape index (κ1) is 13.6. The van der Waals surface area contributed by atoms with Crippen molar-refractivity contribution in [3.05, 3.63) is 16.0 Å². The molecule has 0 saturated heterocycles. The molecule has 0 aliphatic carbocycles. The third kappa shape index (κ3) is 2.80. The summed E-state index contributed by atoms with van der Waals surface area (Å²) in [6, 6.07) is 0. The number of nitrogens with zero attached hydrogens (tertiary/aromatic N) is 2. The van der Waals surface area contributed by atoms with E-state index in [0.29, 0.717) is 4.47 Å². The monoisotopic (exact) mass is 311 g/mol. The first-order valence-electron chi connectivity index (χ1n) is 4.35. The number of hydrogen-bond donors (Lipinski definition) is 4. The van der Waals surface area contributed by atoms with Crippen molar-refractivity contribution in [2.75, 3.05) is 25.1 Å². The van der Waals surface area contributed by atoms with Crippen molar-refractivity contribution >= 4 is 33.3 Å². The van der Waals surface area contributed by atoms with Crippen molar-refractivity contribution in [2.45, 2.75) is 5.54 Å². The average Bonchev–Trinajstić information content (AvgIpc) is 2.32. The smallest absolute Gasteiger partial charge is 0.148 e. The quantitative estimate of drug-likeness (QED) is 0.572. The lowest BCUT2D eigenvalue weighted by Crippen LogP contribution is -2.49. The highest BCUT2D eigenvalue weighted by molar-refractivity contribution is 9.10. The number of nitrogens with one attached hydrogen (secondary N) is 1. The van der Waals surface area contributed by atoms with Crippen LogP contribution in [0.3, 0.4) is 0 Å². The highest BCUT2D eigenvalue weighted by Gasteiger charge is 2.29. The Bertz CT molecular complexity index is 354. The Balaban J connectivity index is 2.98. The van der Waals surface area contributed by atoms with E-state index < -0.39 is 25.4 Å². The van der Waals surface area contributed by atoms with Crippen LogP contribution < -0.4 is 5.32 Å². The van der Waals surface area contributed by atoms with Crippen LogP contribution in [-0.2, 0) is 0 Å². The minimum Gasteiger partial charge on any atom is -0.394 e. The molecule has 0 radical (unpaired) electrons. The molecule has 1 heterocycles. The van der Waals surface area contributed by atoms with E-state index >= 15 is 0 Å². The third-order valence-corrected chi connectivity index (χ3v) is 3.30. The van der Waals surface area contributed by atoms with E-state index in [4.69, 9.17) is 26.9 Å². The van der Waals surface area contributed by atoms with Gasteiger partial charge >= 0.3 is 0 Å². The zero-order valence-electron chi connectivity index (χ0n) is 8.19. The van der Waals surface area contributed by atoms with Crippen molar-refractivity contribution in [3.8, 4) is 0 Å². The topological polar surface area (TPSA) is 98.5 Å². The maximum absolute atomic E-state index is 9.12. The van der Waals surface area contributed by atoms with Gasteiger partial charge in [-0.1, -0.05) is 11.6 Å². The SMILES string of the molecule is OCC(CO)(CO)Nc1ncnc(Cl)c1Br. The lowest BCUT2D eigenvalue weighted by molar-refractivity contribution is 0.0830. The molecule has 0 amide bonds. The van der Waals surface area contributed by atoms with Crippen LogP contribution >= 0.6 is 27.5 Å². The minimum atomic E-state index is -1.25. The summed E-state index contributed by atoms with van der Waals surface area (Å²) in [4.78, 5) is 7.61. The first-order valence-corrected chi connectivity index (χ1v) is 5.52. The Morgan fingerprint density at radius 2 is 1.81 bits per heavy atom. The molecule has 0 atom stereocenters. The maximum Gasteiger partial charge on any atom is 0.148 e. The molecule has 0 unspecified atom stereocenters. The van der Waals surface area contributed by atoms with E-state index in [1.54, 1.807) is 0 Å². The summed E-state index contributed by atoms with van der Waals surface area (Å²) in [6.07, 6.45) is 1.23. The molecular formula is C8H11BrClN3O3. The van der Waals surface area contributed by atoms with Crippen LogP contribution in [0.5, 0.6) is 0 Å². The van der Waals surface area contributed by atoms with Crippen molar-refractivity contribution in [3.63, 3.8) is 0 Å². The number of aliphatic hydroxyl groups excluding tert-OH is 3. The van der Waals surface area contributed by atoms with E-state index in [9.17, 15) is 0 Å². The van der Waals surface area contributed by atoms with Crippen molar-refractivity contribution in [1.29, 1.82) is 0 Å². The Morgan fingerprint density at radius 1 is 1.25 bits per heavy atom. The largest absolute Gasteiger partial charge is 0.394 e. The van der Waals surface area contributed by atoms with Gasteiger partial charge in [0.05, 0.1) is 24.3 Å². The fraction of sp³-hybridized carbons (Fsp3) is 0.500. The number of hydrogen-bond acceptors (Lipinski definition) is 6. The molecule has 0 aliphatic heterocycles. The van der Waals surface area contributed by atoms with Gasteiger partial charge in [-0.25, -0.2) is 9.97 Å². The Labute approximate surface area is 105 Å². The summed E-state index contributed by atoms with van der Waals surface area (Å²) in [5.74, 6) is 0.289. The van der Waals surface area contributed by atoms with Crippen LogP contribution in [0.1, 0.15) is 0 Å². The summed E-state index contributed by atoms with van der Waals surface area (Å²) in [6.45, 7) is -1.35. The van der Waals surface area contributed by atoms with Crippen molar-refractivity contribution in [1.82, 2.24) is 9.97 Å². The second-order valence-electron chi connectivity index (χ2n) is 3.21. The molecule has 8 heteroatoms. The highest BCUT2D eigenvalue weighted by atomic mass is 79.9. The Kier molecular flexibility index (Phi) is 4.88. The summed E-state index contributed by atoms with van der Waals surface area (Å²) in [5.41, 5.74) is -1.25. The molecule has 1 aromatic rings. The molecular weight excluding hydrogens is 301 g/mol. The van der Waals surface area contributed by atoms with E-state index in [1.165, 1.54) is 6.33 Å². The number of halogens is 2. The molecule has 1 rings (SSSR count). The van der Waals surface area contributed by atoms with E-state index in [2.05, 4.69) is 31.2 Å². The van der Waals surface area contributed by atoms with E-state index in [0.717, 1.165) is 0 Å². The lowest BCUT2D eigenvalue weighted by atomic mass is 10.0. The lowest BCUT2D eigenvalue weighted by Gasteiger charge is -2.29. The molecule has 0 saturated carbocycles. The van der Waals surface area contributed by atoms with Gasteiger partial charge in [-0.2, -0.15) is 0 Å². The number of rotatable bonds is 5. The van der Waals surface area contributed by atoms with Gasteiger partial charge in [0.1, 0.15) is 22.8 Å². The normalized spacial score (nSPS) is 11.6. The van der Waals surface area contributed by atoms with Gasteiger partial charge in [-0.3, -0.25) is 0 Å². The second-order valence-corrected chi connectivity index (χ2v) is 4.36. The molecule has 4 N–H and O–H groups in total. The first-order chi connectivity index (χ1) is 7.58. The molecule has 0 fully saturated rings. The minimum absolute atomic E-state index is 0.195. The molecule has 0 aliphatic rings. The van der Waals surface area contributed by atoms with Crippen molar-refractivity contribution < 1.29 is 15.3 Å². The number of anilines is 1. The summed E-state index contributed by atoms with van der Waals surface area (Å²) in [7, 11) is 0. The Hall–Kier alpha value is -0.470. The average molecular weight is 313 g/mol. The van der Waals surface area contributed by atoms with Crippen LogP contribution in [0, 0.1) is 0 Å². The summed E-state index contributed by atoms with van der Waals surface area (Å²) in [5, 5.41) is 30.3. The van der Waals surface area contributed by atoms with E-state index in [1.807, 2.05) is 0 Å². The summed E-state index contributed by atoms with van der Waals surface area (Å²) < 4.78 is 0.399. The predicted octanol–water partition coefficient (Wildman–Crippen LogP) is 0.0201. The van der Waals surface area contributed by atoms with Crippen molar-refractivity contribution in [2.24, 2.45) is 0 Å². The van der Waals surface area contributed by atoms with Gasteiger partial charge < -0.3 is 20.6 Å². The maximum atomic E-state index is 9.12. The molecule has 0 aromatic carbocycles. The molecule has 1 aromatic heterocycles. The number of aromatic nitrogens is 2. The van der Waals surface area contributed by atoms with Crippen LogP contribution in [0.4, 0.5) is 5.82 Å². The molecule has 6 nitrogen and oxygen atoms in total. The fourth-order valence-electron chi connectivity index (χ4n) is 0.955. The highest BCUT2D eigenvalue weighted by Crippen LogP contribution is 2.27. The van der Waals surface area contributed by atoms with Gasteiger partial charge in [-0.05, 0) is 15.9 Å². The standard InChI is InChI=1S/C8H11BrClN3O3/c9-5-6(10)11-4-12-7(5)13-8(1-14,2-15)3-16/h4,14-16H,1-3H2,(H,11,12,13). The third-order valence-electron chi connectivity index (χ3n) is 2.04. The molecule has 0 bridgehead atoms. The van der Waals surface area contributed by atoms with Gasteiger partial charge in [0.25, 0.3) is 0 Å². The van der Waals surface area contributed by atoms with Crippen LogP contribution in [0.25, 0.3) is 0 Å². The zero-order valence-corrected chi connectivity index (χ0v) is 10.5. The fourth-order valence-corrected chi connectivity index (χ4v) is 1.39. The second kappa shape index (κ2) is 5.74. The van der Waals surface area contributed by atoms with Gasteiger partial charge in [0.2, 0.25) is 0 Å². The zero-order chi connectivity index (χ0) is 12.2. The predicted molar refractivity (Wildman–Crippen MR) is 62.4 cm³/mol.